The Kier molecular flexibility index (Phi) is 7.09. The van der Waals surface area contributed by atoms with Crippen molar-refractivity contribution in [2.75, 3.05) is 41.5 Å². The zero-order valence-electron chi connectivity index (χ0n) is 15.0. The largest absolute Gasteiger partial charge is 0.496 e. The zero-order chi connectivity index (χ0) is 17.4. The van der Waals surface area contributed by atoms with Crippen LogP contribution < -0.4 is 9.47 Å². The maximum absolute atomic E-state index is 6.21. The summed E-state index contributed by atoms with van der Waals surface area (Å²) in [5, 5.41) is 0. The van der Waals surface area contributed by atoms with Crippen LogP contribution in [0.5, 0.6) is 11.5 Å². The van der Waals surface area contributed by atoms with E-state index in [0.29, 0.717) is 6.61 Å². The summed E-state index contributed by atoms with van der Waals surface area (Å²) in [6, 6.07) is 16.1. The molecule has 0 N–H and O–H groups in total. The summed E-state index contributed by atoms with van der Waals surface area (Å²) in [6.45, 7) is 1.53. The molecular formula is C20H27NO3. The van der Waals surface area contributed by atoms with Gasteiger partial charge in [-0.2, -0.15) is 0 Å². The maximum Gasteiger partial charge on any atom is 0.124 e. The summed E-state index contributed by atoms with van der Waals surface area (Å²) >= 11 is 0. The number of methoxy groups -OCH3 is 2. The van der Waals surface area contributed by atoms with Crippen LogP contribution in [-0.4, -0.2) is 46.4 Å². The molecule has 0 amide bonds. The van der Waals surface area contributed by atoms with Gasteiger partial charge in [0.25, 0.3) is 0 Å². The molecule has 24 heavy (non-hydrogen) atoms. The van der Waals surface area contributed by atoms with Gasteiger partial charge in [-0.05, 0) is 31.8 Å². The van der Waals surface area contributed by atoms with Crippen molar-refractivity contribution in [1.29, 1.82) is 0 Å². The van der Waals surface area contributed by atoms with Gasteiger partial charge in [-0.15, -0.1) is 0 Å². The minimum atomic E-state index is -0.0857. The van der Waals surface area contributed by atoms with E-state index in [1.807, 2.05) is 50.5 Å². The van der Waals surface area contributed by atoms with E-state index in [4.69, 9.17) is 14.2 Å². The molecule has 1 atom stereocenters. The third kappa shape index (κ3) is 4.98. The van der Waals surface area contributed by atoms with Gasteiger partial charge in [0, 0.05) is 18.5 Å². The first-order valence-corrected chi connectivity index (χ1v) is 8.16. The maximum atomic E-state index is 6.21. The van der Waals surface area contributed by atoms with E-state index in [1.54, 1.807) is 14.2 Å². The van der Waals surface area contributed by atoms with Crippen molar-refractivity contribution in [3.05, 3.63) is 59.7 Å². The Morgan fingerprint density at radius 2 is 1.50 bits per heavy atom. The number of hydrogen-bond donors (Lipinski definition) is 0. The van der Waals surface area contributed by atoms with Crippen LogP contribution >= 0.6 is 0 Å². The molecule has 2 rings (SSSR count). The summed E-state index contributed by atoms with van der Waals surface area (Å²) in [5.74, 6) is 1.73. The Balaban J connectivity index is 2.25. The minimum absolute atomic E-state index is 0.0857. The summed E-state index contributed by atoms with van der Waals surface area (Å²) in [4.78, 5) is 2.11. The lowest BCUT2D eigenvalue weighted by atomic mass is 9.99. The summed E-state index contributed by atoms with van der Waals surface area (Å²) in [6.07, 6.45) is 0.648. The topological polar surface area (TPSA) is 30.9 Å². The third-order valence-electron chi connectivity index (χ3n) is 3.94. The highest BCUT2D eigenvalue weighted by Gasteiger charge is 2.19. The van der Waals surface area contributed by atoms with E-state index in [1.165, 1.54) is 0 Å². The monoisotopic (exact) mass is 329 g/mol. The average molecular weight is 329 g/mol. The molecule has 0 aliphatic carbocycles. The van der Waals surface area contributed by atoms with Crippen LogP contribution in [0.15, 0.2) is 48.5 Å². The molecule has 0 heterocycles. The van der Waals surface area contributed by atoms with E-state index < -0.39 is 0 Å². The molecule has 0 aliphatic heterocycles. The van der Waals surface area contributed by atoms with Gasteiger partial charge in [0.05, 0.1) is 26.9 Å². The van der Waals surface area contributed by atoms with Crippen LogP contribution in [0.1, 0.15) is 17.2 Å². The van der Waals surface area contributed by atoms with Crippen molar-refractivity contribution in [3.63, 3.8) is 0 Å². The Hall–Kier alpha value is -2.04. The van der Waals surface area contributed by atoms with Gasteiger partial charge >= 0.3 is 0 Å². The summed E-state index contributed by atoms with van der Waals surface area (Å²) in [5.41, 5.74) is 2.19. The van der Waals surface area contributed by atoms with E-state index in [9.17, 15) is 0 Å². The van der Waals surface area contributed by atoms with Crippen molar-refractivity contribution in [2.45, 2.75) is 12.5 Å². The Labute approximate surface area is 145 Å². The second-order valence-corrected chi connectivity index (χ2v) is 5.92. The van der Waals surface area contributed by atoms with Crippen molar-refractivity contribution in [1.82, 2.24) is 4.90 Å². The third-order valence-corrected chi connectivity index (χ3v) is 3.94. The number of para-hydroxylation sites is 2. The van der Waals surface area contributed by atoms with E-state index in [2.05, 4.69) is 17.0 Å². The Morgan fingerprint density at radius 3 is 2.17 bits per heavy atom. The molecule has 2 aromatic carbocycles. The first-order valence-electron chi connectivity index (χ1n) is 8.16. The second kappa shape index (κ2) is 9.30. The predicted molar refractivity (Wildman–Crippen MR) is 96.9 cm³/mol. The van der Waals surface area contributed by atoms with Gasteiger partial charge in [0.15, 0.2) is 0 Å². The molecule has 4 nitrogen and oxygen atoms in total. The van der Waals surface area contributed by atoms with Crippen molar-refractivity contribution in [3.8, 4) is 11.5 Å². The fraction of sp³-hybridized carbons (Fsp3) is 0.400. The van der Waals surface area contributed by atoms with Crippen LogP contribution in [0.25, 0.3) is 0 Å². The smallest absolute Gasteiger partial charge is 0.124 e. The van der Waals surface area contributed by atoms with Crippen molar-refractivity contribution < 1.29 is 14.2 Å². The van der Waals surface area contributed by atoms with E-state index in [0.717, 1.165) is 35.6 Å². The first-order chi connectivity index (χ1) is 11.7. The molecule has 0 saturated heterocycles. The molecule has 0 spiro atoms. The van der Waals surface area contributed by atoms with Gasteiger partial charge in [0.1, 0.15) is 11.5 Å². The molecule has 0 aliphatic rings. The standard InChI is InChI=1S/C20H27NO3/c1-21(2)13-14-24-20(17-10-6-8-12-19(17)23-4)15-16-9-5-7-11-18(16)22-3/h5-12,20H,13-15H2,1-4H3. The molecule has 1 unspecified atom stereocenters. The van der Waals surface area contributed by atoms with Gasteiger partial charge in [0.2, 0.25) is 0 Å². The Bertz CT molecular complexity index is 628. The molecule has 0 fully saturated rings. The number of hydrogen-bond acceptors (Lipinski definition) is 4. The molecule has 2 aromatic rings. The van der Waals surface area contributed by atoms with Crippen LogP contribution in [-0.2, 0) is 11.2 Å². The van der Waals surface area contributed by atoms with Crippen LogP contribution in [0, 0.1) is 0 Å². The highest BCUT2D eigenvalue weighted by Crippen LogP contribution is 2.32. The molecule has 0 radical (unpaired) electrons. The molecule has 0 aromatic heterocycles. The second-order valence-electron chi connectivity index (χ2n) is 5.92. The van der Waals surface area contributed by atoms with Crippen LogP contribution in [0.4, 0.5) is 0 Å². The fourth-order valence-corrected chi connectivity index (χ4v) is 2.64. The number of ether oxygens (including phenoxy) is 3. The minimum Gasteiger partial charge on any atom is -0.496 e. The zero-order valence-corrected chi connectivity index (χ0v) is 15.0. The lowest BCUT2D eigenvalue weighted by molar-refractivity contribution is 0.0418. The van der Waals surface area contributed by atoms with Gasteiger partial charge in [-0.25, -0.2) is 0 Å². The fourth-order valence-electron chi connectivity index (χ4n) is 2.64. The van der Waals surface area contributed by atoms with Crippen LogP contribution in [0.3, 0.4) is 0 Å². The van der Waals surface area contributed by atoms with Gasteiger partial charge < -0.3 is 19.1 Å². The number of benzene rings is 2. The van der Waals surface area contributed by atoms with Gasteiger partial charge in [-0.1, -0.05) is 36.4 Å². The van der Waals surface area contributed by atoms with E-state index in [-0.39, 0.29) is 6.10 Å². The van der Waals surface area contributed by atoms with E-state index >= 15 is 0 Å². The number of rotatable bonds is 9. The summed E-state index contributed by atoms with van der Waals surface area (Å²) in [7, 11) is 7.48. The Morgan fingerprint density at radius 1 is 0.875 bits per heavy atom. The van der Waals surface area contributed by atoms with Crippen LogP contribution in [0.2, 0.25) is 0 Å². The first kappa shape index (κ1) is 18.3. The normalized spacial score (nSPS) is 12.2. The highest BCUT2D eigenvalue weighted by molar-refractivity contribution is 5.39. The number of likely N-dealkylation sites (N-methyl/N-ethyl adjacent to an activating group) is 1. The lowest BCUT2D eigenvalue weighted by Crippen LogP contribution is -2.20. The number of nitrogens with zero attached hydrogens (tertiary/aromatic N) is 1. The highest BCUT2D eigenvalue weighted by atomic mass is 16.5. The predicted octanol–water partition coefficient (Wildman–Crippen LogP) is 3.57. The summed E-state index contributed by atoms with van der Waals surface area (Å²) < 4.78 is 17.2. The molecule has 0 saturated carbocycles. The average Bonchev–Trinajstić information content (AvgIpc) is 2.61. The molecule has 4 heteroatoms. The van der Waals surface area contributed by atoms with Crippen molar-refractivity contribution >= 4 is 0 Å². The van der Waals surface area contributed by atoms with Crippen molar-refractivity contribution in [2.24, 2.45) is 0 Å². The molecular weight excluding hydrogens is 302 g/mol. The SMILES string of the molecule is COc1ccccc1CC(OCCN(C)C)c1ccccc1OC. The lowest BCUT2D eigenvalue weighted by Gasteiger charge is -2.22. The molecule has 0 bridgehead atoms. The quantitative estimate of drug-likeness (QED) is 0.704. The molecule has 130 valence electrons. The van der Waals surface area contributed by atoms with Gasteiger partial charge in [-0.3, -0.25) is 0 Å².